The number of fused-ring (bicyclic) bond motifs is 1. The number of rotatable bonds is 5. The fourth-order valence-corrected chi connectivity index (χ4v) is 2.90. The number of hydrogen-bond acceptors (Lipinski definition) is 3. The molecule has 4 nitrogen and oxygen atoms in total. The molecule has 1 aliphatic rings. The van der Waals surface area contributed by atoms with Crippen molar-refractivity contribution in [3.05, 3.63) is 29.8 Å². The molecule has 0 saturated heterocycles. The molecule has 0 amide bonds. The Bertz CT molecular complexity index is 473. The zero-order chi connectivity index (χ0) is 14.7. The lowest BCUT2D eigenvalue weighted by molar-refractivity contribution is -0.139. The highest BCUT2D eigenvalue weighted by molar-refractivity contribution is 5.75. The van der Waals surface area contributed by atoms with Crippen LogP contribution in [0.4, 0.5) is 5.69 Å². The molecule has 0 saturated carbocycles. The maximum atomic E-state index is 11.4. The molecule has 110 valence electrons. The third-order valence-corrected chi connectivity index (χ3v) is 3.67. The van der Waals surface area contributed by atoms with Gasteiger partial charge in [0.2, 0.25) is 0 Å². The van der Waals surface area contributed by atoms with Gasteiger partial charge in [-0.1, -0.05) is 39.0 Å². The quantitative estimate of drug-likeness (QED) is 0.865. The zero-order valence-electron chi connectivity index (χ0n) is 12.5. The van der Waals surface area contributed by atoms with Crippen LogP contribution in [-0.2, 0) is 11.2 Å². The first kappa shape index (κ1) is 14.9. The van der Waals surface area contributed by atoms with Crippen LogP contribution < -0.4 is 10.2 Å². The molecule has 2 N–H and O–H groups in total. The predicted octanol–water partition coefficient (Wildman–Crippen LogP) is 2.14. The van der Waals surface area contributed by atoms with Crippen molar-refractivity contribution in [1.29, 1.82) is 0 Å². The summed E-state index contributed by atoms with van der Waals surface area (Å²) in [5.41, 5.74) is 2.50. The van der Waals surface area contributed by atoms with E-state index in [1.54, 1.807) is 0 Å². The average Bonchev–Trinajstić information content (AvgIpc) is 2.37. The summed E-state index contributed by atoms with van der Waals surface area (Å²) >= 11 is 0. The van der Waals surface area contributed by atoms with Crippen LogP contribution in [0.25, 0.3) is 0 Å². The Hall–Kier alpha value is -1.55. The van der Waals surface area contributed by atoms with Gasteiger partial charge in [-0.2, -0.15) is 0 Å². The van der Waals surface area contributed by atoms with Crippen LogP contribution in [0.15, 0.2) is 24.3 Å². The lowest BCUT2D eigenvalue weighted by Gasteiger charge is -2.36. The number of carboxylic acids is 1. The average molecular weight is 276 g/mol. The second kappa shape index (κ2) is 6.27. The minimum absolute atomic E-state index is 0.161. The number of nitrogens with zero attached hydrogens (tertiary/aromatic N) is 1. The van der Waals surface area contributed by atoms with Gasteiger partial charge in [-0.25, -0.2) is 0 Å². The first-order chi connectivity index (χ1) is 9.47. The molecular formula is C16H24N2O2. The third kappa shape index (κ3) is 3.51. The van der Waals surface area contributed by atoms with Gasteiger partial charge in [0, 0.05) is 24.8 Å². The van der Waals surface area contributed by atoms with Crippen LogP contribution in [0, 0.1) is 5.92 Å². The van der Waals surface area contributed by atoms with E-state index in [-0.39, 0.29) is 6.04 Å². The molecule has 2 atom stereocenters. The normalized spacial score (nSPS) is 19.8. The van der Waals surface area contributed by atoms with Gasteiger partial charge >= 0.3 is 5.97 Å². The Kier molecular flexibility index (Phi) is 4.65. The number of benzene rings is 1. The van der Waals surface area contributed by atoms with Gasteiger partial charge in [0.15, 0.2) is 0 Å². The van der Waals surface area contributed by atoms with E-state index >= 15 is 0 Å². The smallest absolute Gasteiger partial charge is 0.322 e. The van der Waals surface area contributed by atoms with Gasteiger partial charge in [-0.15, -0.1) is 0 Å². The zero-order valence-corrected chi connectivity index (χ0v) is 12.5. The summed E-state index contributed by atoms with van der Waals surface area (Å²) in [7, 11) is 0. The van der Waals surface area contributed by atoms with E-state index in [9.17, 15) is 9.90 Å². The first-order valence-electron chi connectivity index (χ1n) is 7.29. The minimum Gasteiger partial charge on any atom is -0.480 e. The van der Waals surface area contributed by atoms with E-state index < -0.39 is 12.0 Å². The Morgan fingerprint density at radius 1 is 1.45 bits per heavy atom. The maximum absolute atomic E-state index is 11.4. The molecule has 0 aliphatic carbocycles. The third-order valence-electron chi connectivity index (χ3n) is 3.67. The van der Waals surface area contributed by atoms with Crippen LogP contribution in [0.2, 0.25) is 0 Å². The summed E-state index contributed by atoms with van der Waals surface area (Å²) in [5.74, 6) is -0.229. The van der Waals surface area contributed by atoms with E-state index in [0.29, 0.717) is 12.5 Å². The van der Waals surface area contributed by atoms with E-state index in [0.717, 1.165) is 13.0 Å². The van der Waals surface area contributed by atoms with Crippen molar-refractivity contribution in [2.75, 3.05) is 18.0 Å². The predicted molar refractivity (Wildman–Crippen MR) is 81.2 cm³/mol. The number of para-hydroxylation sites is 1. The van der Waals surface area contributed by atoms with Crippen LogP contribution in [0.3, 0.4) is 0 Å². The van der Waals surface area contributed by atoms with Crippen molar-refractivity contribution in [3.63, 3.8) is 0 Å². The highest BCUT2D eigenvalue weighted by Crippen LogP contribution is 2.29. The molecule has 20 heavy (non-hydrogen) atoms. The lowest BCUT2D eigenvalue weighted by Crippen LogP contribution is -2.50. The molecule has 0 aromatic heterocycles. The van der Waals surface area contributed by atoms with Crippen molar-refractivity contribution >= 4 is 11.7 Å². The van der Waals surface area contributed by atoms with Crippen molar-refractivity contribution in [3.8, 4) is 0 Å². The van der Waals surface area contributed by atoms with E-state index in [2.05, 4.69) is 35.3 Å². The summed E-state index contributed by atoms with van der Waals surface area (Å²) < 4.78 is 0. The second-order valence-electron chi connectivity index (χ2n) is 6.06. The summed E-state index contributed by atoms with van der Waals surface area (Å²) in [6.45, 7) is 7.59. The van der Waals surface area contributed by atoms with Gasteiger partial charge < -0.3 is 15.3 Å². The SMILES string of the molecule is CC1Cc2ccccc2N(CC(NC(C)C)C(=O)O)C1. The molecule has 1 aromatic rings. The second-order valence-corrected chi connectivity index (χ2v) is 6.06. The number of nitrogens with one attached hydrogen (secondary N) is 1. The topological polar surface area (TPSA) is 52.6 Å². The molecule has 0 radical (unpaired) electrons. The van der Waals surface area contributed by atoms with E-state index in [1.807, 2.05) is 19.9 Å². The molecule has 2 rings (SSSR count). The molecule has 0 spiro atoms. The Labute approximate surface area is 120 Å². The number of carboxylic acid groups (broad SMARTS) is 1. The highest BCUT2D eigenvalue weighted by Gasteiger charge is 2.26. The van der Waals surface area contributed by atoms with Crippen LogP contribution >= 0.6 is 0 Å². The Balaban J connectivity index is 2.17. The Morgan fingerprint density at radius 2 is 2.15 bits per heavy atom. The number of anilines is 1. The molecule has 4 heteroatoms. The fourth-order valence-electron chi connectivity index (χ4n) is 2.90. The van der Waals surface area contributed by atoms with Crippen LogP contribution in [0.1, 0.15) is 26.3 Å². The Morgan fingerprint density at radius 3 is 2.80 bits per heavy atom. The van der Waals surface area contributed by atoms with Crippen LogP contribution in [0.5, 0.6) is 0 Å². The summed E-state index contributed by atoms with van der Waals surface area (Å²) in [4.78, 5) is 13.6. The van der Waals surface area contributed by atoms with Crippen molar-refractivity contribution < 1.29 is 9.90 Å². The van der Waals surface area contributed by atoms with Gasteiger partial charge in [0.05, 0.1) is 0 Å². The molecule has 1 heterocycles. The molecule has 0 bridgehead atoms. The van der Waals surface area contributed by atoms with Crippen LogP contribution in [-0.4, -0.2) is 36.2 Å². The largest absolute Gasteiger partial charge is 0.480 e. The van der Waals surface area contributed by atoms with Crippen molar-refractivity contribution in [1.82, 2.24) is 5.32 Å². The standard InChI is InChI=1S/C16H24N2O2/c1-11(2)17-14(16(19)20)10-18-9-12(3)8-13-6-4-5-7-15(13)18/h4-7,11-12,14,17H,8-10H2,1-3H3,(H,19,20). The maximum Gasteiger partial charge on any atom is 0.322 e. The van der Waals surface area contributed by atoms with Gasteiger partial charge in [0.25, 0.3) is 0 Å². The molecule has 1 aliphatic heterocycles. The highest BCUT2D eigenvalue weighted by atomic mass is 16.4. The molecule has 0 fully saturated rings. The molecule has 2 unspecified atom stereocenters. The van der Waals surface area contributed by atoms with Crippen molar-refractivity contribution in [2.24, 2.45) is 5.92 Å². The number of hydrogen-bond donors (Lipinski definition) is 2. The number of carbonyl (C=O) groups is 1. The van der Waals surface area contributed by atoms with Crippen molar-refractivity contribution in [2.45, 2.75) is 39.3 Å². The van der Waals surface area contributed by atoms with Gasteiger partial charge in [-0.3, -0.25) is 4.79 Å². The first-order valence-corrected chi connectivity index (χ1v) is 7.29. The van der Waals surface area contributed by atoms with Gasteiger partial charge in [-0.05, 0) is 24.0 Å². The molecule has 1 aromatic carbocycles. The molecular weight excluding hydrogens is 252 g/mol. The van der Waals surface area contributed by atoms with E-state index in [1.165, 1.54) is 11.3 Å². The fraction of sp³-hybridized carbons (Fsp3) is 0.562. The summed E-state index contributed by atoms with van der Waals surface area (Å²) in [6.07, 6.45) is 1.07. The number of aliphatic carboxylic acids is 1. The van der Waals surface area contributed by atoms with Gasteiger partial charge in [0.1, 0.15) is 6.04 Å². The lowest BCUT2D eigenvalue weighted by atomic mass is 9.93. The summed E-state index contributed by atoms with van der Waals surface area (Å²) in [6, 6.07) is 7.94. The van der Waals surface area contributed by atoms with E-state index in [4.69, 9.17) is 0 Å². The monoisotopic (exact) mass is 276 g/mol. The minimum atomic E-state index is -0.783. The summed E-state index contributed by atoms with van der Waals surface area (Å²) in [5, 5.41) is 12.5.